The molecule has 0 bridgehead atoms. The fourth-order valence-corrected chi connectivity index (χ4v) is 2.89. The van der Waals surface area contributed by atoms with Crippen LogP contribution in [0.25, 0.3) is 0 Å². The summed E-state index contributed by atoms with van der Waals surface area (Å²) < 4.78 is 11.0. The fourth-order valence-electron chi connectivity index (χ4n) is 2.89. The van der Waals surface area contributed by atoms with Crippen molar-refractivity contribution in [3.05, 3.63) is 59.2 Å². The molecule has 4 rings (SSSR count). The van der Waals surface area contributed by atoms with Gasteiger partial charge in [0, 0.05) is 6.54 Å². The van der Waals surface area contributed by atoms with Gasteiger partial charge in [0.2, 0.25) is 6.79 Å². The summed E-state index contributed by atoms with van der Waals surface area (Å²) in [7, 11) is 0. The van der Waals surface area contributed by atoms with Gasteiger partial charge < -0.3 is 14.8 Å². The Kier molecular flexibility index (Phi) is 2.45. The van der Waals surface area contributed by atoms with Crippen LogP contribution in [0.1, 0.15) is 22.7 Å². The van der Waals surface area contributed by atoms with E-state index in [0.717, 1.165) is 24.5 Å². The number of hydrogen-bond donors (Lipinski definition) is 1. The van der Waals surface area contributed by atoms with E-state index in [2.05, 4.69) is 41.7 Å². The highest BCUT2D eigenvalue weighted by Gasteiger charge is 2.25. The molecule has 0 spiro atoms. The Morgan fingerprint density at radius 1 is 1.00 bits per heavy atom. The second-order valence-electron chi connectivity index (χ2n) is 4.95. The van der Waals surface area contributed by atoms with Gasteiger partial charge in [-0.1, -0.05) is 30.3 Å². The molecule has 0 radical (unpaired) electrons. The molecular weight excluding hydrogens is 238 g/mol. The lowest BCUT2D eigenvalue weighted by atomic mass is 9.89. The van der Waals surface area contributed by atoms with Crippen LogP contribution in [0.3, 0.4) is 0 Å². The molecule has 3 heteroatoms. The Balaban J connectivity index is 1.82. The summed E-state index contributed by atoms with van der Waals surface area (Å²) in [5.41, 5.74) is 3.96. The molecule has 0 saturated heterocycles. The summed E-state index contributed by atoms with van der Waals surface area (Å²) in [4.78, 5) is 0. The Bertz CT molecular complexity index is 610. The highest BCUT2D eigenvalue weighted by Crippen LogP contribution is 2.39. The summed E-state index contributed by atoms with van der Waals surface area (Å²) in [5.74, 6) is 1.75. The Morgan fingerprint density at radius 3 is 2.63 bits per heavy atom. The highest BCUT2D eigenvalue weighted by atomic mass is 16.7. The number of rotatable bonds is 1. The van der Waals surface area contributed by atoms with Gasteiger partial charge in [0.25, 0.3) is 0 Å². The topological polar surface area (TPSA) is 30.5 Å². The minimum absolute atomic E-state index is 0.249. The van der Waals surface area contributed by atoms with Crippen molar-refractivity contribution < 1.29 is 9.47 Å². The van der Waals surface area contributed by atoms with Gasteiger partial charge >= 0.3 is 0 Å². The molecule has 3 nitrogen and oxygen atoms in total. The van der Waals surface area contributed by atoms with Crippen LogP contribution in [0.15, 0.2) is 42.5 Å². The first-order chi connectivity index (χ1) is 9.42. The van der Waals surface area contributed by atoms with E-state index in [-0.39, 0.29) is 6.04 Å². The minimum atomic E-state index is 0.249. The van der Waals surface area contributed by atoms with Crippen molar-refractivity contribution in [3.63, 3.8) is 0 Å². The average molecular weight is 253 g/mol. The maximum atomic E-state index is 5.50. The summed E-state index contributed by atoms with van der Waals surface area (Å²) in [6, 6.07) is 15.0. The molecule has 19 heavy (non-hydrogen) atoms. The lowest BCUT2D eigenvalue weighted by Gasteiger charge is -2.27. The third-order valence-corrected chi connectivity index (χ3v) is 3.82. The molecule has 2 aliphatic rings. The zero-order chi connectivity index (χ0) is 12.7. The lowest BCUT2D eigenvalue weighted by Crippen LogP contribution is -2.30. The van der Waals surface area contributed by atoms with Crippen molar-refractivity contribution >= 4 is 0 Å². The maximum Gasteiger partial charge on any atom is 0.231 e. The molecule has 2 heterocycles. The van der Waals surface area contributed by atoms with E-state index in [4.69, 9.17) is 9.47 Å². The summed E-state index contributed by atoms with van der Waals surface area (Å²) >= 11 is 0. The second-order valence-corrected chi connectivity index (χ2v) is 4.95. The Hall–Kier alpha value is -2.00. The zero-order valence-electron chi connectivity index (χ0n) is 10.6. The monoisotopic (exact) mass is 253 g/mol. The van der Waals surface area contributed by atoms with Gasteiger partial charge in [0.15, 0.2) is 11.5 Å². The standard InChI is InChI=1S/C16H15NO2/c1-2-4-11(5-3-1)16-13-9-15-14(18-10-19-15)8-12(13)6-7-17-16/h1-5,8-9,16-17H,6-7,10H2. The molecule has 2 aromatic rings. The van der Waals surface area contributed by atoms with Gasteiger partial charge in [0.05, 0.1) is 6.04 Å². The summed E-state index contributed by atoms with van der Waals surface area (Å²) in [6.45, 7) is 1.33. The SMILES string of the molecule is c1ccc(C2NCCc3cc4c(cc32)OCO4)cc1. The van der Waals surface area contributed by atoms with Crippen LogP contribution in [0.5, 0.6) is 11.5 Å². The normalized spacial score (nSPS) is 20.1. The molecule has 0 aromatic heterocycles. The van der Waals surface area contributed by atoms with Crippen LogP contribution in [-0.2, 0) is 6.42 Å². The smallest absolute Gasteiger partial charge is 0.231 e. The third kappa shape index (κ3) is 1.78. The van der Waals surface area contributed by atoms with Crippen molar-refractivity contribution in [1.82, 2.24) is 5.32 Å². The molecule has 0 saturated carbocycles. The lowest BCUT2D eigenvalue weighted by molar-refractivity contribution is 0.174. The number of hydrogen-bond acceptors (Lipinski definition) is 3. The fraction of sp³-hybridized carbons (Fsp3) is 0.250. The first-order valence-electron chi connectivity index (χ1n) is 6.62. The van der Waals surface area contributed by atoms with Gasteiger partial charge in [-0.2, -0.15) is 0 Å². The molecule has 1 unspecified atom stereocenters. The third-order valence-electron chi connectivity index (χ3n) is 3.82. The molecule has 2 aliphatic heterocycles. The largest absolute Gasteiger partial charge is 0.454 e. The maximum absolute atomic E-state index is 5.50. The molecule has 0 amide bonds. The van der Waals surface area contributed by atoms with E-state index in [1.165, 1.54) is 16.7 Å². The van der Waals surface area contributed by atoms with E-state index in [9.17, 15) is 0 Å². The van der Waals surface area contributed by atoms with Gasteiger partial charge in [0.1, 0.15) is 0 Å². The molecule has 0 fully saturated rings. The van der Waals surface area contributed by atoms with Crippen molar-refractivity contribution in [1.29, 1.82) is 0 Å². The van der Waals surface area contributed by atoms with Crippen LogP contribution >= 0.6 is 0 Å². The van der Waals surface area contributed by atoms with Crippen LogP contribution in [-0.4, -0.2) is 13.3 Å². The zero-order valence-corrected chi connectivity index (χ0v) is 10.6. The summed E-state index contributed by atoms with van der Waals surface area (Å²) in [6.07, 6.45) is 1.04. The average Bonchev–Trinajstić information content (AvgIpc) is 2.92. The first kappa shape index (κ1) is 10.9. The van der Waals surface area contributed by atoms with E-state index >= 15 is 0 Å². The van der Waals surface area contributed by atoms with Crippen molar-refractivity contribution in [2.75, 3.05) is 13.3 Å². The molecule has 2 aromatic carbocycles. The van der Waals surface area contributed by atoms with E-state index in [0.29, 0.717) is 6.79 Å². The minimum Gasteiger partial charge on any atom is -0.454 e. The second kappa shape index (κ2) is 4.28. The number of nitrogens with one attached hydrogen (secondary N) is 1. The number of ether oxygens (including phenoxy) is 2. The van der Waals surface area contributed by atoms with E-state index in [1.54, 1.807) is 0 Å². The van der Waals surface area contributed by atoms with Gasteiger partial charge in [-0.15, -0.1) is 0 Å². The van der Waals surface area contributed by atoms with Crippen LogP contribution < -0.4 is 14.8 Å². The first-order valence-corrected chi connectivity index (χ1v) is 6.62. The van der Waals surface area contributed by atoms with Crippen molar-refractivity contribution in [2.24, 2.45) is 0 Å². The van der Waals surface area contributed by atoms with Crippen molar-refractivity contribution in [3.8, 4) is 11.5 Å². The van der Waals surface area contributed by atoms with Crippen LogP contribution in [0.2, 0.25) is 0 Å². The number of benzene rings is 2. The summed E-state index contributed by atoms with van der Waals surface area (Å²) in [5, 5.41) is 3.59. The van der Waals surface area contributed by atoms with Crippen LogP contribution in [0.4, 0.5) is 0 Å². The van der Waals surface area contributed by atoms with Gasteiger partial charge in [-0.25, -0.2) is 0 Å². The quantitative estimate of drug-likeness (QED) is 0.847. The molecular formula is C16H15NO2. The highest BCUT2D eigenvalue weighted by molar-refractivity contribution is 5.52. The molecule has 96 valence electrons. The van der Waals surface area contributed by atoms with Gasteiger partial charge in [-0.05, 0) is 35.2 Å². The molecule has 1 atom stereocenters. The number of fused-ring (bicyclic) bond motifs is 2. The Labute approximate surface area is 112 Å². The van der Waals surface area contributed by atoms with E-state index in [1.807, 2.05) is 6.07 Å². The Morgan fingerprint density at radius 2 is 1.79 bits per heavy atom. The van der Waals surface area contributed by atoms with E-state index < -0.39 is 0 Å². The predicted octanol–water partition coefficient (Wildman–Crippen LogP) is 2.65. The van der Waals surface area contributed by atoms with Crippen LogP contribution in [0, 0.1) is 0 Å². The molecule has 1 N–H and O–H groups in total. The van der Waals surface area contributed by atoms with Crippen molar-refractivity contribution in [2.45, 2.75) is 12.5 Å². The predicted molar refractivity (Wildman–Crippen MR) is 72.6 cm³/mol. The van der Waals surface area contributed by atoms with Gasteiger partial charge in [-0.3, -0.25) is 0 Å². The molecule has 0 aliphatic carbocycles.